The lowest BCUT2D eigenvalue weighted by Gasteiger charge is -2.15. The maximum Gasteiger partial charge on any atom is 0.342 e. The smallest absolute Gasteiger partial charge is 0.325 e. The van der Waals surface area contributed by atoms with Gasteiger partial charge in [0.1, 0.15) is 0 Å². The zero-order valence-electron chi connectivity index (χ0n) is 13.1. The molecule has 1 aromatic heterocycles. The third-order valence-electron chi connectivity index (χ3n) is 3.46. The monoisotopic (exact) mass is 334 g/mol. The van der Waals surface area contributed by atoms with Crippen LogP contribution in [-0.4, -0.2) is 26.3 Å². The first-order valence-electron chi connectivity index (χ1n) is 7.15. The van der Waals surface area contributed by atoms with Gasteiger partial charge in [-0.25, -0.2) is 9.89 Å². The zero-order valence-corrected chi connectivity index (χ0v) is 13.9. The van der Waals surface area contributed by atoms with Crippen LogP contribution in [0.5, 0.6) is 0 Å². The van der Waals surface area contributed by atoms with Gasteiger partial charge in [-0.2, -0.15) is 5.10 Å². The number of amides is 1. The lowest BCUT2D eigenvalue weighted by Crippen LogP contribution is -2.29. The molecule has 1 amide bonds. The van der Waals surface area contributed by atoms with Crippen LogP contribution in [-0.2, 0) is 4.79 Å². The molecule has 7 nitrogen and oxygen atoms in total. The molecule has 0 fully saturated rings. The molecule has 0 saturated carbocycles. The number of aryl methyl sites for hydroxylation is 1. The van der Waals surface area contributed by atoms with Gasteiger partial charge >= 0.3 is 5.69 Å². The van der Waals surface area contributed by atoms with E-state index >= 15 is 0 Å². The average Bonchev–Trinajstić information content (AvgIpc) is 2.51. The van der Waals surface area contributed by atoms with E-state index in [-0.39, 0.29) is 10.9 Å². The first-order chi connectivity index (χ1) is 10.9. The van der Waals surface area contributed by atoms with E-state index in [9.17, 15) is 14.4 Å². The van der Waals surface area contributed by atoms with Gasteiger partial charge in [-0.05, 0) is 37.5 Å². The Labute approximate surface area is 136 Å². The van der Waals surface area contributed by atoms with Crippen molar-refractivity contribution < 1.29 is 4.79 Å². The van der Waals surface area contributed by atoms with Crippen molar-refractivity contribution in [3.63, 3.8) is 0 Å². The largest absolute Gasteiger partial charge is 0.342 e. The molecule has 2 aromatic rings. The highest BCUT2D eigenvalue weighted by Gasteiger charge is 2.21. The van der Waals surface area contributed by atoms with Crippen molar-refractivity contribution in [1.82, 2.24) is 15.2 Å². The second-order valence-corrected chi connectivity index (χ2v) is 6.25. The van der Waals surface area contributed by atoms with Crippen molar-refractivity contribution in [2.75, 3.05) is 5.32 Å². The van der Waals surface area contributed by atoms with Gasteiger partial charge in [0.05, 0.1) is 5.25 Å². The number of carbonyl (C=O) groups excluding carboxylic acids is 1. The average molecular weight is 334 g/mol. The predicted octanol–water partition coefficient (Wildman–Crippen LogP) is 1.58. The predicted molar refractivity (Wildman–Crippen MR) is 90.0 cm³/mol. The second-order valence-electron chi connectivity index (χ2n) is 5.06. The van der Waals surface area contributed by atoms with Gasteiger partial charge in [0.15, 0.2) is 5.03 Å². The molecule has 0 bridgehead atoms. The number of aromatic amines is 2. The molecule has 0 radical (unpaired) electrons. The van der Waals surface area contributed by atoms with E-state index in [0.717, 1.165) is 28.6 Å². The highest BCUT2D eigenvalue weighted by Crippen LogP contribution is 2.23. The zero-order chi connectivity index (χ0) is 17.0. The minimum absolute atomic E-state index is 0.0626. The molecule has 1 unspecified atom stereocenters. The van der Waals surface area contributed by atoms with Crippen LogP contribution in [0.15, 0.2) is 32.8 Å². The number of carbonyl (C=O) groups is 1. The van der Waals surface area contributed by atoms with E-state index in [1.165, 1.54) is 0 Å². The Morgan fingerprint density at radius 1 is 1.35 bits per heavy atom. The highest BCUT2D eigenvalue weighted by molar-refractivity contribution is 8.00. The van der Waals surface area contributed by atoms with Crippen LogP contribution >= 0.6 is 11.8 Å². The number of H-pyrrole nitrogens is 2. The van der Waals surface area contributed by atoms with E-state index in [2.05, 4.69) is 20.5 Å². The van der Waals surface area contributed by atoms with E-state index in [1.54, 1.807) is 0 Å². The maximum atomic E-state index is 12.4. The Morgan fingerprint density at radius 3 is 2.74 bits per heavy atom. The molecule has 0 spiro atoms. The van der Waals surface area contributed by atoms with Crippen LogP contribution in [0.1, 0.15) is 24.5 Å². The van der Waals surface area contributed by atoms with Crippen LogP contribution in [0.3, 0.4) is 0 Å². The van der Waals surface area contributed by atoms with Crippen molar-refractivity contribution in [1.29, 1.82) is 0 Å². The summed E-state index contributed by atoms with van der Waals surface area (Å²) in [5, 5.41) is 8.30. The number of hydrogen-bond acceptors (Lipinski definition) is 5. The quantitative estimate of drug-likeness (QED) is 0.720. The Morgan fingerprint density at radius 2 is 2.09 bits per heavy atom. The lowest BCUT2D eigenvalue weighted by atomic mass is 10.1. The first kappa shape index (κ1) is 17.0. The summed E-state index contributed by atoms with van der Waals surface area (Å²) in [5.41, 5.74) is 1.56. The molecule has 8 heteroatoms. The number of nitrogens with zero attached hydrogens (tertiary/aromatic N) is 1. The number of aromatic nitrogens is 3. The molecule has 1 aromatic carbocycles. The molecule has 23 heavy (non-hydrogen) atoms. The third-order valence-corrected chi connectivity index (χ3v) is 4.79. The first-order valence-corrected chi connectivity index (χ1v) is 8.03. The van der Waals surface area contributed by atoms with Crippen molar-refractivity contribution in [3.05, 3.63) is 50.2 Å². The van der Waals surface area contributed by atoms with Gasteiger partial charge in [0.25, 0.3) is 5.56 Å². The summed E-state index contributed by atoms with van der Waals surface area (Å²) in [6.45, 7) is 5.76. The van der Waals surface area contributed by atoms with E-state index in [1.807, 2.05) is 39.0 Å². The third kappa shape index (κ3) is 4.10. The number of anilines is 1. The van der Waals surface area contributed by atoms with Crippen LogP contribution in [0, 0.1) is 13.8 Å². The number of rotatable bonds is 5. The van der Waals surface area contributed by atoms with Gasteiger partial charge in [0, 0.05) is 5.69 Å². The van der Waals surface area contributed by atoms with Gasteiger partial charge in [-0.3, -0.25) is 14.6 Å². The van der Waals surface area contributed by atoms with Gasteiger partial charge < -0.3 is 5.32 Å². The van der Waals surface area contributed by atoms with E-state index in [4.69, 9.17) is 0 Å². The summed E-state index contributed by atoms with van der Waals surface area (Å²) >= 11 is 1.02. The summed E-state index contributed by atoms with van der Waals surface area (Å²) in [6, 6.07) is 5.68. The fraction of sp³-hybridized carbons (Fsp3) is 0.333. The van der Waals surface area contributed by atoms with E-state index in [0.29, 0.717) is 6.42 Å². The minimum Gasteiger partial charge on any atom is -0.325 e. The summed E-state index contributed by atoms with van der Waals surface area (Å²) in [7, 11) is 0. The van der Waals surface area contributed by atoms with Crippen LogP contribution in [0.25, 0.3) is 0 Å². The number of thioether (sulfide) groups is 1. The highest BCUT2D eigenvalue weighted by atomic mass is 32.2. The molecule has 1 heterocycles. The molecule has 0 aliphatic rings. The number of hydrogen-bond donors (Lipinski definition) is 3. The summed E-state index contributed by atoms with van der Waals surface area (Å²) in [6.07, 6.45) is 0.515. The number of benzene rings is 1. The maximum absolute atomic E-state index is 12.4. The summed E-state index contributed by atoms with van der Waals surface area (Å²) in [5.74, 6) is -0.210. The lowest BCUT2D eigenvalue weighted by molar-refractivity contribution is -0.115. The van der Waals surface area contributed by atoms with Gasteiger partial charge in [0.2, 0.25) is 5.91 Å². The van der Waals surface area contributed by atoms with Crippen molar-refractivity contribution in [2.45, 2.75) is 37.5 Å². The molecule has 0 aliphatic heterocycles. The van der Waals surface area contributed by atoms with Gasteiger partial charge in [-0.1, -0.05) is 30.8 Å². The van der Waals surface area contributed by atoms with Crippen LogP contribution in [0.2, 0.25) is 0 Å². The van der Waals surface area contributed by atoms with Crippen molar-refractivity contribution in [3.8, 4) is 0 Å². The molecule has 0 saturated heterocycles. The Hall–Kier alpha value is -2.35. The number of nitrogens with one attached hydrogen (secondary N) is 3. The van der Waals surface area contributed by atoms with Crippen molar-refractivity contribution >= 4 is 23.4 Å². The second kappa shape index (κ2) is 7.28. The van der Waals surface area contributed by atoms with Crippen LogP contribution < -0.4 is 16.6 Å². The molecule has 3 N–H and O–H groups in total. The Balaban J connectivity index is 2.17. The molecule has 1 atom stereocenters. The van der Waals surface area contributed by atoms with Crippen LogP contribution in [0.4, 0.5) is 5.69 Å². The Kier molecular flexibility index (Phi) is 5.38. The summed E-state index contributed by atoms with van der Waals surface area (Å²) in [4.78, 5) is 37.2. The van der Waals surface area contributed by atoms with Crippen molar-refractivity contribution in [2.24, 2.45) is 0 Å². The summed E-state index contributed by atoms with van der Waals surface area (Å²) < 4.78 is 0. The fourth-order valence-corrected chi connectivity index (χ4v) is 2.83. The molecule has 0 aliphatic carbocycles. The fourth-order valence-electron chi connectivity index (χ4n) is 1.97. The normalized spacial score (nSPS) is 12.0. The Bertz CT molecular complexity index is 828. The van der Waals surface area contributed by atoms with Gasteiger partial charge in [-0.15, -0.1) is 0 Å². The molecule has 122 valence electrons. The molecule has 2 rings (SSSR count). The topological polar surface area (TPSA) is 108 Å². The minimum atomic E-state index is -0.674. The van der Waals surface area contributed by atoms with E-state index < -0.39 is 16.5 Å². The SMILES string of the molecule is CCC(Sc1n[nH]c(=O)[nH]c1=O)C(=O)Nc1cccc(C)c1C. The molecular formula is C15H18N4O3S. The molecular weight excluding hydrogens is 316 g/mol. The standard InChI is InChI=1S/C15H18N4O3S/c1-4-11(23-14-13(21)17-15(22)19-18-14)12(20)16-10-7-5-6-8(2)9(10)3/h5-7,11H,4H2,1-3H3,(H,16,20)(H2,17,19,21,22).